The molecule has 0 aromatic heterocycles. The third kappa shape index (κ3) is 3.49. The highest BCUT2D eigenvalue weighted by molar-refractivity contribution is 6.00. The van der Waals surface area contributed by atoms with E-state index < -0.39 is 17.8 Å². The summed E-state index contributed by atoms with van der Waals surface area (Å²) < 4.78 is 6.29. The van der Waals surface area contributed by atoms with Crippen molar-refractivity contribution in [3.05, 3.63) is 23.0 Å². The lowest BCUT2D eigenvalue weighted by Gasteiger charge is -2.43. The number of aliphatic hydroxyl groups is 3. The number of hydrogen-bond donors (Lipinski definition) is 3. The summed E-state index contributed by atoms with van der Waals surface area (Å²) in [5, 5.41) is 29.9. The average Bonchev–Trinajstić information content (AvgIpc) is 2.90. The van der Waals surface area contributed by atoms with Gasteiger partial charge in [0.15, 0.2) is 5.78 Å². The Morgan fingerprint density at radius 3 is 2.73 bits per heavy atom. The van der Waals surface area contributed by atoms with Crippen molar-refractivity contribution in [2.24, 2.45) is 11.8 Å². The number of fused-ring (bicyclic) bond motifs is 1. The summed E-state index contributed by atoms with van der Waals surface area (Å²) in [5.41, 5.74) is 0.522. The Morgan fingerprint density at radius 1 is 1.38 bits per heavy atom. The highest BCUT2D eigenvalue weighted by atomic mass is 16.5. The molecule has 0 bridgehead atoms. The number of ether oxygens (including phenoxy) is 1. The van der Waals surface area contributed by atoms with E-state index in [0.717, 1.165) is 18.6 Å². The third-order valence-corrected chi connectivity index (χ3v) is 6.49. The Hall–Kier alpha value is -1.17. The van der Waals surface area contributed by atoms with Crippen molar-refractivity contribution in [3.8, 4) is 0 Å². The van der Waals surface area contributed by atoms with Gasteiger partial charge < -0.3 is 20.1 Å². The first kappa shape index (κ1) is 19.6. The van der Waals surface area contributed by atoms with E-state index in [2.05, 4.69) is 19.9 Å². The smallest absolute Gasteiger partial charge is 0.190 e. The lowest BCUT2D eigenvalue weighted by atomic mass is 9.73. The fourth-order valence-electron chi connectivity index (χ4n) is 4.58. The van der Waals surface area contributed by atoms with Gasteiger partial charge in [-0.25, -0.2) is 0 Å². The van der Waals surface area contributed by atoms with Crippen molar-refractivity contribution in [2.75, 3.05) is 0 Å². The Bertz CT molecular complexity index is 641. The van der Waals surface area contributed by atoms with Gasteiger partial charge in [-0.3, -0.25) is 4.79 Å². The summed E-state index contributed by atoms with van der Waals surface area (Å²) in [6.07, 6.45) is 4.40. The highest BCUT2D eigenvalue weighted by Crippen LogP contribution is 2.51. The first-order valence-electron chi connectivity index (χ1n) is 9.76. The molecular formula is C21H32O5. The maximum absolute atomic E-state index is 12.4. The summed E-state index contributed by atoms with van der Waals surface area (Å²) >= 11 is 0. The molecule has 0 saturated carbocycles. The SMILES string of the molecule is CC(CCC(O)C(C)(C)O)C1=CCC2(C)OC3=C(CC12)C(=O)C(O)CC3. The van der Waals surface area contributed by atoms with E-state index in [1.54, 1.807) is 13.8 Å². The number of carbonyl (C=O) groups excluding carboxylic acids is 1. The number of allylic oxidation sites excluding steroid dienone is 1. The number of rotatable bonds is 5. The molecule has 5 unspecified atom stereocenters. The summed E-state index contributed by atoms with van der Waals surface area (Å²) in [6, 6.07) is 0. The second-order valence-corrected chi connectivity index (χ2v) is 9.05. The van der Waals surface area contributed by atoms with Crippen molar-refractivity contribution in [1.82, 2.24) is 0 Å². The van der Waals surface area contributed by atoms with Gasteiger partial charge in [0.1, 0.15) is 17.5 Å². The van der Waals surface area contributed by atoms with Crippen molar-refractivity contribution >= 4 is 5.78 Å². The minimum Gasteiger partial charge on any atom is -0.491 e. The molecule has 3 N–H and O–H groups in total. The molecule has 0 amide bonds. The van der Waals surface area contributed by atoms with E-state index in [9.17, 15) is 20.1 Å². The number of hydrogen-bond acceptors (Lipinski definition) is 5. The number of ketones is 1. The zero-order valence-electron chi connectivity index (χ0n) is 16.3. The largest absolute Gasteiger partial charge is 0.491 e. The van der Waals surface area contributed by atoms with Gasteiger partial charge in [0.25, 0.3) is 0 Å². The quantitative estimate of drug-likeness (QED) is 0.653. The van der Waals surface area contributed by atoms with Crippen LogP contribution >= 0.6 is 0 Å². The monoisotopic (exact) mass is 364 g/mol. The first-order chi connectivity index (χ1) is 12.0. The molecule has 0 spiro atoms. The van der Waals surface area contributed by atoms with Crippen molar-refractivity contribution in [2.45, 2.75) is 89.6 Å². The van der Waals surface area contributed by atoms with Gasteiger partial charge in [-0.05, 0) is 52.4 Å². The molecule has 26 heavy (non-hydrogen) atoms. The van der Waals surface area contributed by atoms with Gasteiger partial charge in [0.2, 0.25) is 0 Å². The van der Waals surface area contributed by atoms with E-state index in [1.165, 1.54) is 5.57 Å². The Kier molecular flexibility index (Phi) is 5.10. The van der Waals surface area contributed by atoms with Crippen LogP contribution in [0.3, 0.4) is 0 Å². The van der Waals surface area contributed by atoms with Gasteiger partial charge in [-0.1, -0.05) is 18.6 Å². The van der Waals surface area contributed by atoms with E-state index >= 15 is 0 Å². The van der Waals surface area contributed by atoms with Crippen molar-refractivity contribution in [1.29, 1.82) is 0 Å². The molecule has 2 aliphatic carbocycles. The lowest BCUT2D eigenvalue weighted by molar-refractivity contribution is -0.127. The van der Waals surface area contributed by atoms with E-state index in [-0.39, 0.29) is 23.2 Å². The molecule has 1 heterocycles. The van der Waals surface area contributed by atoms with Crippen LogP contribution in [-0.2, 0) is 9.53 Å². The van der Waals surface area contributed by atoms with Crippen LogP contribution in [0, 0.1) is 11.8 Å². The first-order valence-corrected chi connectivity index (χ1v) is 9.76. The summed E-state index contributed by atoms with van der Waals surface area (Å²) in [6.45, 7) is 7.49. The maximum atomic E-state index is 12.4. The topological polar surface area (TPSA) is 87.0 Å². The number of carbonyl (C=O) groups is 1. The van der Waals surface area contributed by atoms with Gasteiger partial charge in [-0.2, -0.15) is 0 Å². The normalized spacial score (nSPS) is 34.0. The molecule has 1 aliphatic heterocycles. The molecule has 146 valence electrons. The molecule has 0 aromatic carbocycles. The second-order valence-electron chi connectivity index (χ2n) is 9.05. The molecule has 5 nitrogen and oxygen atoms in total. The third-order valence-electron chi connectivity index (χ3n) is 6.49. The minimum atomic E-state index is -1.10. The van der Waals surface area contributed by atoms with Gasteiger partial charge in [0.05, 0.1) is 11.7 Å². The van der Waals surface area contributed by atoms with Crippen molar-refractivity contribution < 1.29 is 24.9 Å². The molecular weight excluding hydrogens is 332 g/mol. The summed E-state index contributed by atoms with van der Waals surface area (Å²) in [5.74, 6) is 0.974. The molecule has 0 fully saturated rings. The minimum absolute atomic E-state index is 0.129. The predicted molar refractivity (Wildman–Crippen MR) is 98.3 cm³/mol. The number of Topliss-reactive ketones (excluding diaryl/α,β-unsaturated/α-hetero) is 1. The van der Waals surface area contributed by atoms with Gasteiger partial charge in [-0.15, -0.1) is 0 Å². The Morgan fingerprint density at radius 2 is 2.08 bits per heavy atom. The van der Waals surface area contributed by atoms with Gasteiger partial charge in [0, 0.05) is 24.3 Å². The Balaban J connectivity index is 1.72. The van der Waals surface area contributed by atoms with Crippen LogP contribution in [0.1, 0.15) is 66.2 Å². The maximum Gasteiger partial charge on any atom is 0.190 e. The standard InChI is InChI=1S/C21H32O5/c1-12(5-8-18(23)20(2,3)25)13-9-10-21(4)15(13)11-14-17(26-21)7-6-16(22)19(14)24/h9,12,15-16,18,22-23,25H,5-8,10-11H2,1-4H3. The average molecular weight is 364 g/mol. The Labute approximate surface area is 155 Å². The van der Waals surface area contributed by atoms with Crippen LogP contribution in [0.5, 0.6) is 0 Å². The lowest BCUT2D eigenvalue weighted by Crippen LogP contribution is -2.43. The summed E-state index contributed by atoms with van der Waals surface area (Å²) in [7, 11) is 0. The van der Waals surface area contributed by atoms with Crippen LogP contribution in [0.15, 0.2) is 23.0 Å². The van der Waals surface area contributed by atoms with Crippen LogP contribution in [0.4, 0.5) is 0 Å². The molecule has 5 atom stereocenters. The molecule has 3 aliphatic rings. The van der Waals surface area contributed by atoms with Crippen LogP contribution in [0.2, 0.25) is 0 Å². The van der Waals surface area contributed by atoms with E-state index in [4.69, 9.17) is 4.74 Å². The van der Waals surface area contributed by atoms with Crippen LogP contribution in [0.25, 0.3) is 0 Å². The van der Waals surface area contributed by atoms with Crippen LogP contribution in [-0.4, -0.2) is 44.5 Å². The van der Waals surface area contributed by atoms with Crippen molar-refractivity contribution in [3.63, 3.8) is 0 Å². The molecule has 5 heteroatoms. The summed E-state index contributed by atoms with van der Waals surface area (Å²) in [4.78, 5) is 12.4. The van der Waals surface area contributed by atoms with Crippen LogP contribution < -0.4 is 0 Å². The van der Waals surface area contributed by atoms with Gasteiger partial charge >= 0.3 is 0 Å². The zero-order valence-corrected chi connectivity index (χ0v) is 16.3. The fraction of sp³-hybridized carbons (Fsp3) is 0.762. The molecule has 0 aromatic rings. The molecule has 3 rings (SSSR count). The fourth-order valence-corrected chi connectivity index (χ4v) is 4.58. The van der Waals surface area contributed by atoms with E-state index in [1.807, 2.05) is 0 Å². The zero-order chi connectivity index (χ0) is 19.3. The molecule has 0 radical (unpaired) electrons. The second kappa shape index (κ2) is 6.77. The predicted octanol–water partition coefficient (Wildman–Crippen LogP) is 2.64. The highest BCUT2D eigenvalue weighted by Gasteiger charge is 2.49. The molecule has 0 saturated heterocycles. The number of aliphatic hydroxyl groups excluding tert-OH is 2. The van der Waals surface area contributed by atoms with E-state index in [0.29, 0.717) is 31.3 Å².